The summed E-state index contributed by atoms with van der Waals surface area (Å²) < 4.78 is 5.38. The molecule has 2 heterocycles. The third-order valence-electron chi connectivity index (χ3n) is 5.03. The molecule has 4 rings (SSSR count). The average molecular weight is 354 g/mol. The van der Waals surface area contributed by atoms with Crippen LogP contribution < -0.4 is 5.63 Å². The first kappa shape index (κ1) is 16.4. The molecule has 3 aromatic rings. The zero-order chi connectivity index (χ0) is 17.4. The Morgan fingerprint density at radius 2 is 2.00 bits per heavy atom. The minimum absolute atomic E-state index is 0.306. The minimum Gasteiger partial charge on any atom is -0.423 e. The maximum absolute atomic E-state index is 12.0. The molecule has 0 amide bonds. The van der Waals surface area contributed by atoms with Crippen LogP contribution in [0.15, 0.2) is 57.7 Å². The molecule has 1 aliphatic rings. The Hall–Kier alpha value is -2.10. The lowest BCUT2D eigenvalue weighted by molar-refractivity contribution is 0.249. The Morgan fingerprint density at radius 3 is 2.80 bits per heavy atom. The highest BCUT2D eigenvalue weighted by molar-refractivity contribution is 6.32. The summed E-state index contributed by atoms with van der Waals surface area (Å²) in [5.74, 6) is 0. The third-order valence-corrected chi connectivity index (χ3v) is 5.44. The van der Waals surface area contributed by atoms with Crippen molar-refractivity contribution in [3.05, 3.63) is 80.7 Å². The number of likely N-dealkylation sites (tertiary alicyclic amines) is 1. The number of hydrogen-bond acceptors (Lipinski definition) is 3. The zero-order valence-electron chi connectivity index (χ0n) is 14.2. The van der Waals surface area contributed by atoms with Gasteiger partial charge in [-0.1, -0.05) is 41.9 Å². The van der Waals surface area contributed by atoms with E-state index in [2.05, 4.69) is 29.2 Å². The number of fused-ring (bicyclic) bond motifs is 1. The van der Waals surface area contributed by atoms with E-state index in [9.17, 15) is 4.79 Å². The molecule has 25 heavy (non-hydrogen) atoms. The van der Waals surface area contributed by atoms with Crippen molar-refractivity contribution < 1.29 is 4.42 Å². The van der Waals surface area contributed by atoms with Crippen molar-refractivity contribution in [1.82, 2.24) is 4.90 Å². The Kier molecular flexibility index (Phi) is 4.36. The monoisotopic (exact) mass is 353 g/mol. The smallest absolute Gasteiger partial charge is 0.336 e. The van der Waals surface area contributed by atoms with Crippen LogP contribution in [0.2, 0.25) is 5.02 Å². The molecule has 0 radical (unpaired) electrons. The van der Waals surface area contributed by atoms with E-state index >= 15 is 0 Å². The Balaban J connectivity index is 1.73. The highest BCUT2D eigenvalue weighted by Gasteiger charge is 2.26. The van der Waals surface area contributed by atoms with E-state index < -0.39 is 0 Å². The predicted molar refractivity (Wildman–Crippen MR) is 101 cm³/mol. The van der Waals surface area contributed by atoms with E-state index in [0.717, 1.165) is 36.0 Å². The van der Waals surface area contributed by atoms with Gasteiger partial charge in [-0.2, -0.15) is 0 Å². The van der Waals surface area contributed by atoms with Gasteiger partial charge in [0.05, 0.1) is 0 Å². The summed E-state index contributed by atoms with van der Waals surface area (Å²) in [6, 6.07) is 16.3. The van der Waals surface area contributed by atoms with Gasteiger partial charge in [-0.25, -0.2) is 4.79 Å². The van der Waals surface area contributed by atoms with Gasteiger partial charge in [0, 0.05) is 29.1 Å². The van der Waals surface area contributed by atoms with Crippen LogP contribution in [0, 0.1) is 6.92 Å². The summed E-state index contributed by atoms with van der Waals surface area (Å²) in [6.45, 7) is 3.67. The number of benzene rings is 2. The molecule has 0 spiro atoms. The average Bonchev–Trinajstić information content (AvgIpc) is 3.05. The standard InChI is InChI=1S/C21H20ClNO2/c1-14-10-20-17(12-18(14)22)16(11-21(24)25-20)13-23-9-5-8-19(23)15-6-3-2-4-7-15/h2-4,6-7,10-12,19H,5,8-9,13H2,1H3/t19-/m1/s1. The second-order valence-corrected chi connectivity index (χ2v) is 7.13. The fourth-order valence-electron chi connectivity index (χ4n) is 3.77. The molecule has 0 aliphatic carbocycles. The Bertz CT molecular complexity index is 965. The van der Waals surface area contributed by atoms with Crippen molar-refractivity contribution in [3.8, 4) is 0 Å². The van der Waals surface area contributed by atoms with Crippen molar-refractivity contribution in [2.24, 2.45) is 0 Å². The highest BCUT2D eigenvalue weighted by Crippen LogP contribution is 2.34. The fraction of sp³-hybridized carbons (Fsp3) is 0.286. The van der Waals surface area contributed by atoms with E-state index in [-0.39, 0.29) is 5.63 Å². The van der Waals surface area contributed by atoms with Gasteiger partial charge in [0.25, 0.3) is 0 Å². The van der Waals surface area contributed by atoms with Gasteiger partial charge < -0.3 is 4.42 Å². The molecule has 1 aromatic heterocycles. The first-order valence-electron chi connectivity index (χ1n) is 8.64. The lowest BCUT2D eigenvalue weighted by Crippen LogP contribution is -2.23. The molecule has 0 saturated carbocycles. The van der Waals surface area contributed by atoms with Crippen LogP contribution in [0.5, 0.6) is 0 Å². The van der Waals surface area contributed by atoms with Crippen LogP contribution in [-0.2, 0) is 6.54 Å². The maximum Gasteiger partial charge on any atom is 0.336 e. The van der Waals surface area contributed by atoms with Crippen LogP contribution in [0.1, 0.15) is 35.6 Å². The lowest BCUT2D eigenvalue weighted by Gasteiger charge is -2.25. The van der Waals surface area contributed by atoms with Crippen LogP contribution >= 0.6 is 11.6 Å². The summed E-state index contributed by atoms with van der Waals surface area (Å²) in [4.78, 5) is 14.4. The summed E-state index contributed by atoms with van der Waals surface area (Å²) >= 11 is 6.31. The SMILES string of the molecule is Cc1cc2oc(=O)cc(CN3CCC[C@@H]3c3ccccc3)c2cc1Cl. The van der Waals surface area contributed by atoms with Crippen LogP contribution in [0.4, 0.5) is 0 Å². The molecule has 2 aromatic carbocycles. The second-order valence-electron chi connectivity index (χ2n) is 6.73. The van der Waals surface area contributed by atoms with Gasteiger partial charge in [-0.15, -0.1) is 0 Å². The molecular weight excluding hydrogens is 334 g/mol. The molecule has 0 unspecified atom stereocenters. The van der Waals surface area contributed by atoms with E-state index in [1.807, 2.05) is 25.1 Å². The largest absolute Gasteiger partial charge is 0.423 e. The summed E-state index contributed by atoms with van der Waals surface area (Å²) in [5, 5.41) is 1.62. The van der Waals surface area contributed by atoms with E-state index in [0.29, 0.717) is 16.6 Å². The maximum atomic E-state index is 12.0. The van der Waals surface area contributed by atoms with Crippen molar-refractivity contribution in [3.63, 3.8) is 0 Å². The van der Waals surface area contributed by atoms with Gasteiger partial charge in [0.2, 0.25) is 0 Å². The fourth-order valence-corrected chi connectivity index (χ4v) is 3.93. The van der Waals surface area contributed by atoms with Gasteiger partial charge in [-0.05, 0) is 55.1 Å². The number of rotatable bonds is 3. The molecule has 1 saturated heterocycles. The van der Waals surface area contributed by atoms with Gasteiger partial charge in [-0.3, -0.25) is 4.90 Å². The van der Waals surface area contributed by atoms with E-state index in [4.69, 9.17) is 16.0 Å². The van der Waals surface area contributed by atoms with Gasteiger partial charge in [0.1, 0.15) is 5.58 Å². The van der Waals surface area contributed by atoms with Crippen LogP contribution in [-0.4, -0.2) is 11.4 Å². The quantitative estimate of drug-likeness (QED) is 0.615. The first-order chi connectivity index (χ1) is 12.1. The highest BCUT2D eigenvalue weighted by atomic mass is 35.5. The molecule has 0 N–H and O–H groups in total. The molecule has 3 nitrogen and oxygen atoms in total. The van der Waals surface area contributed by atoms with Crippen molar-refractivity contribution >= 4 is 22.6 Å². The molecule has 4 heteroatoms. The van der Waals surface area contributed by atoms with Crippen LogP contribution in [0.3, 0.4) is 0 Å². The molecule has 1 fully saturated rings. The Morgan fingerprint density at radius 1 is 1.20 bits per heavy atom. The zero-order valence-corrected chi connectivity index (χ0v) is 14.9. The van der Waals surface area contributed by atoms with Crippen molar-refractivity contribution in [1.29, 1.82) is 0 Å². The molecule has 0 bridgehead atoms. The normalized spacial score (nSPS) is 18.1. The molecular formula is C21H20ClNO2. The second kappa shape index (κ2) is 6.66. The summed E-state index contributed by atoms with van der Waals surface area (Å²) in [7, 11) is 0. The number of halogens is 1. The number of hydrogen-bond donors (Lipinski definition) is 0. The summed E-state index contributed by atoms with van der Waals surface area (Å²) in [5.41, 5.74) is 3.54. The molecule has 1 aliphatic heterocycles. The number of aryl methyl sites for hydroxylation is 1. The van der Waals surface area contributed by atoms with Crippen molar-refractivity contribution in [2.75, 3.05) is 6.54 Å². The lowest BCUT2D eigenvalue weighted by atomic mass is 10.0. The van der Waals surface area contributed by atoms with Gasteiger partial charge >= 0.3 is 5.63 Å². The van der Waals surface area contributed by atoms with Crippen molar-refractivity contribution in [2.45, 2.75) is 32.4 Å². The third kappa shape index (κ3) is 3.22. The Labute approximate surface area is 151 Å². The van der Waals surface area contributed by atoms with Gasteiger partial charge in [0.15, 0.2) is 0 Å². The van der Waals surface area contributed by atoms with E-state index in [1.165, 1.54) is 12.0 Å². The number of nitrogens with zero attached hydrogens (tertiary/aromatic N) is 1. The first-order valence-corrected chi connectivity index (χ1v) is 9.01. The predicted octanol–water partition coefficient (Wildman–Crippen LogP) is 5.09. The van der Waals surface area contributed by atoms with Crippen LogP contribution in [0.25, 0.3) is 11.0 Å². The summed E-state index contributed by atoms with van der Waals surface area (Å²) in [6.07, 6.45) is 2.31. The molecule has 128 valence electrons. The minimum atomic E-state index is -0.306. The van der Waals surface area contributed by atoms with E-state index in [1.54, 1.807) is 6.07 Å². The molecule has 1 atom stereocenters. The topological polar surface area (TPSA) is 33.5 Å².